The number of nitrogens with one attached hydrogen (secondary N) is 1. The molecular weight excluding hydrogens is 404 g/mol. The fourth-order valence-corrected chi connectivity index (χ4v) is 4.75. The Kier molecular flexibility index (Phi) is 6.70. The van der Waals surface area contributed by atoms with E-state index in [2.05, 4.69) is 15.5 Å². The minimum atomic E-state index is -3.62. The van der Waals surface area contributed by atoms with E-state index in [0.29, 0.717) is 49.5 Å². The van der Waals surface area contributed by atoms with Crippen molar-refractivity contribution >= 4 is 33.4 Å². The van der Waals surface area contributed by atoms with Crippen LogP contribution in [0.15, 0.2) is 27.6 Å². The predicted octanol–water partition coefficient (Wildman–Crippen LogP) is 1.58. The molecule has 0 unspecified atom stereocenters. The number of ether oxygens (including phenoxy) is 1. The third kappa shape index (κ3) is 5.10. The van der Waals surface area contributed by atoms with Crippen LogP contribution < -0.4 is 5.32 Å². The molecule has 1 aliphatic heterocycles. The van der Waals surface area contributed by atoms with E-state index >= 15 is 0 Å². The highest BCUT2D eigenvalue weighted by atomic mass is 32.2. The molecule has 1 aliphatic rings. The minimum absolute atomic E-state index is 0.158. The zero-order valence-electron chi connectivity index (χ0n) is 15.7. The lowest BCUT2D eigenvalue weighted by Gasteiger charge is -2.26. The van der Waals surface area contributed by atoms with Crippen molar-refractivity contribution in [2.75, 3.05) is 37.4 Å². The zero-order valence-corrected chi connectivity index (χ0v) is 17.3. The van der Waals surface area contributed by atoms with Gasteiger partial charge in [0.2, 0.25) is 21.8 Å². The van der Waals surface area contributed by atoms with Gasteiger partial charge in [0.15, 0.2) is 5.82 Å². The van der Waals surface area contributed by atoms with Crippen LogP contribution in [0.2, 0.25) is 0 Å². The molecule has 1 aromatic carbocycles. The number of thioether (sulfide) groups is 1. The molecule has 1 amide bonds. The molecule has 0 atom stereocenters. The summed E-state index contributed by atoms with van der Waals surface area (Å²) in [6.45, 7) is 4.93. The average molecular weight is 427 g/mol. The number of rotatable bonds is 7. The molecule has 1 fully saturated rings. The molecular formula is C17H22N4O5S2. The van der Waals surface area contributed by atoms with E-state index < -0.39 is 10.0 Å². The van der Waals surface area contributed by atoms with Crippen molar-refractivity contribution in [2.24, 2.45) is 0 Å². The van der Waals surface area contributed by atoms with Crippen molar-refractivity contribution in [1.29, 1.82) is 0 Å². The lowest BCUT2D eigenvalue weighted by molar-refractivity contribution is -0.113. The number of nitrogens with zero attached hydrogens (tertiary/aromatic N) is 3. The number of carbonyl (C=O) groups excluding carboxylic acids is 1. The van der Waals surface area contributed by atoms with E-state index in [9.17, 15) is 13.2 Å². The molecule has 0 aliphatic carbocycles. The van der Waals surface area contributed by atoms with Gasteiger partial charge in [-0.2, -0.15) is 9.29 Å². The fourth-order valence-electron chi connectivity index (χ4n) is 2.65. The first-order valence-corrected chi connectivity index (χ1v) is 11.3. The molecule has 1 saturated heterocycles. The van der Waals surface area contributed by atoms with Gasteiger partial charge in [-0.3, -0.25) is 4.79 Å². The smallest absolute Gasteiger partial charge is 0.243 e. The highest BCUT2D eigenvalue weighted by Crippen LogP contribution is 2.24. The highest BCUT2D eigenvalue weighted by molar-refractivity contribution is 7.99. The van der Waals surface area contributed by atoms with E-state index in [1.807, 2.05) is 6.92 Å². The summed E-state index contributed by atoms with van der Waals surface area (Å²) in [7, 11) is -3.62. The number of aryl methyl sites for hydroxylation is 2. The monoisotopic (exact) mass is 426 g/mol. The van der Waals surface area contributed by atoms with Gasteiger partial charge in [0.1, 0.15) is 0 Å². The molecule has 28 heavy (non-hydrogen) atoms. The van der Waals surface area contributed by atoms with E-state index in [1.165, 1.54) is 22.1 Å². The number of hydrogen-bond donors (Lipinski definition) is 1. The van der Waals surface area contributed by atoms with Gasteiger partial charge in [-0.1, -0.05) is 11.2 Å². The fraction of sp³-hybridized carbons (Fsp3) is 0.471. The first-order chi connectivity index (χ1) is 13.4. The molecule has 2 heterocycles. The molecule has 1 N–H and O–H groups in total. The van der Waals surface area contributed by atoms with Crippen molar-refractivity contribution < 1.29 is 22.5 Å². The van der Waals surface area contributed by atoms with E-state index in [4.69, 9.17) is 9.26 Å². The summed E-state index contributed by atoms with van der Waals surface area (Å²) in [5.41, 5.74) is 1.27. The van der Waals surface area contributed by atoms with Gasteiger partial charge in [0.05, 0.1) is 29.6 Å². The maximum atomic E-state index is 12.8. The second kappa shape index (κ2) is 9.03. The molecule has 2 aromatic rings. The Bertz CT molecular complexity index is 939. The van der Waals surface area contributed by atoms with Crippen LogP contribution in [0, 0.1) is 13.8 Å². The Labute approximate surface area is 167 Å². The molecule has 0 radical (unpaired) electrons. The number of carbonyl (C=O) groups is 1. The quantitative estimate of drug-likeness (QED) is 0.710. The number of sulfonamides is 1. The standard InChI is InChI=1S/C17H22N4O5S2/c1-12-3-4-14(28(23,24)21-5-7-25-8-6-21)9-15(12)19-17(22)11-27-10-16-18-13(2)26-20-16/h3-4,9H,5-8,10-11H2,1-2H3,(H,19,22). The Morgan fingerprint density at radius 2 is 2.04 bits per heavy atom. The third-order valence-corrected chi connectivity index (χ3v) is 6.95. The van der Waals surface area contributed by atoms with Gasteiger partial charge in [0.25, 0.3) is 0 Å². The summed E-state index contributed by atoms with van der Waals surface area (Å²) in [6.07, 6.45) is 0. The summed E-state index contributed by atoms with van der Waals surface area (Å²) < 4.78 is 37.1. The van der Waals surface area contributed by atoms with Gasteiger partial charge < -0.3 is 14.6 Å². The maximum absolute atomic E-state index is 12.8. The largest absolute Gasteiger partial charge is 0.379 e. The van der Waals surface area contributed by atoms with Crippen LogP contribution >= 0.6 is 11.8 Å². The molecule has 0 bridgehead atoms. The molecule has 9 nitrogen and oxygen atoms in total. The summed E-state index contributed by atoms with van der Waals surface area (Å²) in [4.78, 5) is 16.5. The van der Waals surface area contributed by atoms with Crippen LogP contribution in [-0.2, 0) is 25.3 Å². The number of anilines is 1. The first kappa shape index (κ1) is 20.8. The van der Waals surface area contributed by atoms with Gasteiger partial charge in [-0.25, -0.2) is 8.42 Å². The van der Waals surface area contributed by atoms with Gasteiger partial charge in [-0.05, 0) is 24.6 Å². The Morgan fingerprint density at radius 3 is 2.71 bits per heavy atom. The van der Waals surface area contributed by atoms with Crippen molar-refractivity contribution in [3.63, 3.8) is 0 Å². The summed E-state index contributed by atoms with van der Waals surface area (Å²) in [6, 6.07) is 4.76. The molecule has 0 spiro atoms. The van der Waals surface area contributed by atoms with Crippen molar-refractivity contribution in [3.8, 4) is 0 Å². The van der Waals surface area contributed by atoms with E-state index in [0.717, 1.165) is 5.56 Å². The topological polar surface area (TPSA) is 115 Å². The SMILES string of the molecule is Cc1nc(CSCC(=O)Nc2cc(S(=O)(=O)N3CCOCC3)ccc2C)no1. The molecule has 11 heteroatoms. The number of morpholine rings is 1. The zero-order chi connectivity index (χ0) is 20.1. The Balaban J connectivity index is 1.63. The first-order valence-electron chi connectivity index (χ1n) is 8.71. The number of hydrogen-bond acceptors (Lipinski definition) is 8. The van der Waals surface area contributed by atoms with E-state index in [-0.39, 0.29) is 16.6 Å². The molecule has 3 rings (SSSR count). The molecule has 1 aromatic heterocycles. The second-order valence-electron chi connectivity index (χ2n) is 6.26. The Hall–Kier alpha value is -1.95. The highest BCUT2D eigenvalue weighted by Gasteiger charge is 2.26. The maximum Gasteiger partial charge on any atom is 0.243 e. The van der Waals surface area contributed by atoms with Gasteiger partial charge >= 0.3 is 0 Å². The lowest BCUT2D eigenvalue weighted by Crippen LogP contribution is -2.40. The summed E-state index contributed by atoms with van der Waals surface area (Å²) >= 11 is 1.35. The minimum Gasteiger partial charge on any atom is -0.379 e. The van der Waals surface area contributed by atoms with Crippen LogP contribution in [0.3, 0.4) is 0 Å². The van der Waals surface area contributed by atoms with Crippen LogP contribution in [-0.4, -0.2) is 60.8 Å². The normalized spacial score (nSPS) is 15.5. The average Bonchev–Trinajstić information content (AvgIpc) is 3.09. The van der Waals surface area contributed by atoms with Crippen LogP contribution in [0.5, 0.6) is 0 Å². The van der Waals surface area contributed by atoms with Crippen LogP contribution in [0.1, 0.15) is 17.3 Å². The number of benzene rings is 1. The predicted molar refractivity (Wildman–Crippen MR) is 105 cm³/mol. The van der Waals surface area contributed by atoms with E-state index in [1.54, 1.807) is 19.1 Å². The summed E-state index contributed by atoms with van der Waals surface area (Å²) in [5, 5.41) is 6.56. The van der Waals surface area contributed by atoms with Gasteiger partial charge in [-0.15, -0.1) is 11.8 Å². The lowest BCUT2D eigenvalue weighted by atomic mass is 10.2. The Morgan fingerprint density at radius 1 is 1.29 bits per heavy atom. The summed E-state index contributed by atoms with van der Waals surface area (Å²) in [5.74, 6) is 1.43. The van der Waals surface area contributed by atoms with Crippen molar-refractivity contribution in [1.82, 2.24) is 14.4 Å². The third-order valence-electron chi connectivity index (χ3n) is 4.12. The van der Waals surface area contributed by atoms with Crippen molar-refractivity contribution in [3.05, 3.63) is 35.5 Å². The molecule has 0 saturated carbocycles. The van der Waals surface area contributed by atoms with Crippen molar-refractivity contribution in [2.45, 2.75) is 24.5 Å². The van der Waals surface area contributed by atoms with Crippen LogP contribution in [0.4, 0.5) is 5.69 Å². The van der Waals surface area contributed by atoms with Crippen LogP contribution in [0.25, 0.3) is 0 Å². The number of amides is 1. The molecule has 152 valence electrons. The van der Waals surface area contributed by atoms with Gasteiger partial charge in [0, 0.05) is 25.7 Å². The second-order valence-corrected chi connectivity index (χ2v) is 9.19. The number of aromatic nitrogens is 2.